The maximum atomic E-state index is 13.6. The Morgan fingerprint density at radius 2 is 1.83 bits per heavy atom. The van der Waals surface area contributed by atoms with E-state index in [-0.39, 0.29) is 36.7 Å². The average Bonchev–Trinajstić information content (AvgIpc) is 2.97. The maximum absolute atomic E-state index is 13.6. The number of non-ortho nitro benzene ring substituents is 1. The van der Waals surface area contributed by atoms with Crippen LogP contribution >= 0.6 is 0 Å². The number of nitrogens with zero attached hydrogens (tertiary/aromatic N) is 3. The van der Waals surface area contributed by atoms with Crippen LogP contribution < -0.4 is 14.8 Å². The van der Waals surface area contributed by atoms with E-state index in [4.69, 9.17) is 14.2 Å². The lowest BCUT2D eigenvalue weighted by molar-refractivity contribution is -0.384. The Hall–Kier alpha value is -4.33. The highest BCUT2D eigenvalue weighted by Gasteiger charge is 2.43. The van der Waals surface area contributed by atoms with Crippen molar-refractivity contribution in [3.8, 4) is 11.5 Å². The second-order valence-electron chi connectivity index (χ2n) is 12.3. The van der Waals surface area contributed by atoms with Crippen LogP contribution in [0.5, 0.6) is 11.5 Å². The van der Waals surface area contributed by atoms with Gasteiger partial charge in [-0.1, -0.05) is 24.3 Å². The maximum Gasteiger partial charge on any atom is 0.336 e. The lowest BCUT2D eigenvalue weighted by atomic mass is 9.75. The van der Waals surface area contributed by atoms with Gasteiger partial charge in [0.1, 0.15) is 18.6 Å². The molecule has 0 saturated heterocycles. The number of aliphatic hydroxyl groups is 1. The molecule has 13 heteroatoms. The first kappa shape index (κ1) is 36.1. The number of carboxylic acids is 1. The third kappa shape index (κ3) is 9.59. The molecule has 2 aromatic rings. The Morgan fingerprint density at radius 1 is 1.15 bits per heavy atom. The number of carbonyl (C=O) groups is 2. The fourth-order valence-corrected chi connectivity index (χ4v) is 5.50. The van der Waals surface area contributed by atoms with E-state index >= 15 is 0 Å². The summed E-state index contributed by atoms with van der Waals surface area (Å²) in [6.07, 6.45) is -1.31. The number of rotatable bonds is 16. The fourth-order valence-electron chi connectivity index (χ4n) is 5.50. The van der Waals surface area contributed by atoms with Crippen LogP contribution in [0.1, 0.15) is 46.1 Å². The molecule has 0 radical (unpaired) electrons. The molecule has 1 aliphatic heterocycles. The Labute approximate surface area is 269 Å². The van der Waals surface area contributed by atoms with Gasteiger partial charge in [-0.05, 0) is 59.4 Å². The number of β-amino-alcohol motifs (C(OH)–C–C–N with tert-alkyl or cyclic N) is 1. The molecule has 0 amide bonds. The zero-order chi connectivity index (χ0) is 34.2. The van der Waals surface area contributed by atoms with E-state index in [0.29, 0.717) is 29.3 Å². The van der Waals surface area contributed by atoms with Crippen molar-refractivity contribution in [2.45, 2.75) is 58.3 Å². The van der Waals surface area contributed by atoms with E-state index in [2.05, 4.69) is 10.3 Å². The summed E-state index contributed by atoms with van der Waals surface area (Å²) in [6.45, 7) is 9.74. The summed E-state index contributed by atoms with van der Waals surface area (Å²) in [5.74, 6) is -3.14. The van der Waals surface area contributed by atoms with Gasteiger partial charge in [0.2, 0.25) is 0 Å². The minimum atomic E-state index is -1.23. The minimum Gasteiger partial charge on any atom is -0.493 e. The number of carbonyl (C=O) groups excluding carboxylic acids is 1. The first-order valence-corrected chi connectivity index (χ1v) is 15.0. The van der Waals surface area contributed by atoms with E-state index in [1.807, 2.05) is 37.9 Å². The highest BCUT2D eigenvalue weighted by Crippen LogP contribution is 2.41. The molecule has 0 aliphatic carbocycles. The van der Waals surface area contributed by atoms with E-state index < -0.39 is 46.4 Å². The van der Waals surface area contributed by atoms with Crippen molar-refractivity contribution in [3.05, 3.63) is 75.5 Å². The van der Waals surface area contributed by atoms with Crippen LogP contribution in [0.4, 0.5) is 5.69 Å². The Morgan fingerprint density at radius 3 is 2.43 bits per heavy atom. The number of nitro groups is 1. The van der Waals surface area contributed by atoms with Crippen molar-refractivity contribution < 1.29 is 38.9 Å². The number of hydrogen-bond acceptors (Lipinski definition) is 11. The number of methoxy groups -OCH3 is 1. The number of carboxylic acid groups (broad SMARTS) is 1. The van der Waals surface area contributed by atoms with Crippen molar-refractivity contribution in [2.24, 2.45) is 10.9 Å². The quantitative estimate of drug-likeness (QED) is 0.138. The number of aliphatic hydroxyl groups excluding tert-OH is 1. The number of aliphatic imine (C=N–C) groups is 1. The van der Waals surface area contributed by atoms with Crippen molar-refractivity contribution in [3.63, 3.8) is 0 Å². The molecule has 3 rings (SSSR count). The molecule has 2 aromatic carbocycles. The molecule has 3 N–H and O–H groups in total. The molecule has 0 fully saturated rings. The van der Waals surface area contributed by atoms with E-state index in [1.54, 1.807) is 46.1 Å². The molecule has 0 aromatic heterocycles. The topological polar surface area (TPSA) is 173 Å². The molecule has 0 bridgehead atoms. The number of hydrogen-bond donors (Lipinski definition) is 3. The Bertz CT molecular complexity index is 1470. The lowest BCUT2D eigenvalue weighted by Crippen LogP contribution is -2.51. The lowest BCUT2D eigenvalue weighted by Gasteiger charge is -2.35. The number of esters is 1. The monoisotopic (exact) mass is 640 g/mol. The van der Waals surface area contributed by atoms with Crippen LogP contribution in [0.15, 0.2) is 64.8 Å². The zero-order valence-electron chi connectivity index (χ0n) is 27.4. The smallest absolute Gasteiger partial charge is 0.336 e. The SMILES string of the molecule is COc1ccccc1OCC(O)CNC(C)(C)CN(C)CC1=C(C(=O)OC(C)C)C(c2cccc([N+](=O)[O-])c2)C(C(=O)O)C(C)=N1. The number of ether oxygens (including phenoxy) is 3. The molecule has 250 valence electrons. The summed E-state index contributed by atoms with van der Waals surface area (Å²) in [5.41, 5.74) is 0.201. The number of benzene rings is 2. The van der Waals surface area contributed by atoms with Gasteiger partial charge in [0.25, 0.3) is 5.69 Å². The summed E-state index contributed by atoms with van der Waals surface area (Å²) >= 11 is 0. The number of nitro benzene ring substituents is 1. The van der Waals surface area contributed by atoms with Gasteiger partial charge < -0.3 is 29.7 Å². The molecule has 1 heterocycles. The number of para-hydroxylation sites is 2. The van der Waals surface area contributed by atoms with Gasteiger partial charge in [-0.3, -0.25) is 24.8 Å². The standard InChI is InChI=1S/C33H44N4O9/c1-20(2)46-32(41)30-25(35-21(3)28(31(39)40)29(30)22-11-10-12-23(15-22)37(42)43)17-36(6)19-33(4,5)34-16-24(38)18-45-27-14-9-8-13-26(27)44-7/h8-15,20,24,28-29,34,38H,16-19H2,1-7H3,(H,39,40). The summed E-state index contributed by atoms with van der Waals surface area (Å²) in [5, 5.41) is 35.7. The van der Waals surface area contributed by atoms with Crippen molar-refractivity contribution in [1.82, 2.24) is 10.2 Å². The van der Waals surface area contributed by atoms with Gasteiger partial charge in [-0.2, -0.15) is 0 Å². The molecule has 1 aliphatic rings. The van der Waals surface area contributed by atoms with E-state index in [9.17, 15) is 29.9 Å². The van der Waals surface area contributed by atoms with Gasteiger partial charge in [-0.15, -0.1) is 0 Å². The van der Waals surface area contributed by atoms with Gasteiger partial charge in [0.15, 0.2) is 11.5 Å². The van der Waals surface area contributed by atoms with Crippen LogP contribution in [-0.2, 0) is 14.3 Å². The average molecular weight is 641 g/mol. The third-order valence-electron chi connectivity index (χ3n) is 7.39. The van der Waals surface area contributed by atoms with Crippen molar-refractivity contribution in [2.75, 3.05) is 40.4 Å². The highest BCUT2D eigenvalue weighted by molar-refractivity contribution is 6.06. The van der Waals surface area contributed by atoms with Gasteiger partial charge >= 0.3 is 11.9 Å². The molecule has 0 saturated carbocycles. The summed E-state index contributed by atoms with van der Waals surface area (Å²) in [7, 11) is 3.38. The number of nitrogens with one attached hydrogen (secondary N) is 1. The number of likely N-dealkylation sites (N-methyl/N-ethyl adjacent to an activating group) is 1. The van der Waals surface area contributed by atoms with Crippen LogP contribution in [-0.4, -0.2) is 95.8 Å². The number of aliphatic carboxylic acids is 1. The molecule has 46 heavy (non-hydrogen) atoms. The van der Waals surface area contributed by atoms with Crippen molar-refractivity contribution >= 4 is 23.3 Å². The first-order valence-electron chi connectivity index (χ1n) is 15.0. The van der Waals surface area contributed by atoms with Crippen LogP contribution in [0.25, 0.3) is 0 Å². The minimum absolute atomic E-state index is 0.0469. The van der Waals surface area contributed by atoms with Crippen molar-refractivity contribution in [1.29, 1.82) is 0 Å². The van der Waals surface area contributed by atoms with Crippen LogP contribution in [0.2, 0.25) is 0 Å². The normalized spacial score (nSPS) is 17.5. The van der Waals surface area contributed by atoms with Crippen LogP contribution in [0.3, 0.4) is 0 Å². The van der Waals surface area contributed by atoms with E-state index in [1.165, 1.54) is 18.2 Å². The Balaban J connectivity index is 1.83. The molecule has 3 unspecified atom stereocenters. The molecule has 0 spiro atoms. The summed E-state index contributed by atoms with van der Waals surface area (Å²) in [4.78, 5) is 43.6. The second kappa shape index (κ2) is 15.8. The summed E-state index contributed by atoms with van der Waals surface area (Å²) < 4.78 is 16.6. The van der Waals surface area contributed by atoms with Gasteiger partial charge in [0.05, 0.1) is 29.4 Å². The largest absolute Gasteiger partial charge is 0.493 e. The van der Waals surface area contributed by atoms with E-state index in [0.717, 1.165) is 0 Å². The zero-order valence-corrected chi connectivity index (χ0v) is 27.4. The third-order valence-corrected chi connectivity index (χ3v) is 7.39. The van der Waals surface area contributed by atoms with Crippen LogP contribution in [0, 0.1) is 16.0 Å². The first-order chi connectivity index (χ1) is 21.6. The molecular formula is C33H44N4O9. The fraction of sp³-hybridized carbons (Fsp3) is 0.485. The second-order valence-corrected chi connectivity index (χ2v) is 12.3. The predicted molar refractivity (Wildman–Crippen MR) is 172 cm³/mol. The highest BCUT2D eigenvalue weighted by atomic mass is 16.6. The van der Waals surface area contributed by atoms with Gasteiger partial charge in [-0.25, -0.2) is 4.79 Å². The molecule has 3 atom stereocenters. The predicted octanol–water partition coefficient (Wildman–Crippen LogP) is 3.81. The molecular weight excluding hydrogens is 596 g/mol. The van der Waals surface area contributed by atoms with Gasteiger partial charge in [0, 0.05) is 48.9 Å². The Kier molecular flexibility index (Phi) is 12.4. The summed E-state index contributed by atoms with van der Waals surface area (Å²) in [6, 6.07) is 12.8. The molecule has 13 nitrogen and oxygen atoms in total.